The Balaban J connectivity index is 6.93. The normalized spacial score (nSPS) is 16.6. The van der Waals surface area contributed by atoms with E-state index in [0.29, 0.717) is 6.92 Å². The summed E-state index contributed by atoms with van der Waals surface area (Å²) >= 11 is 0. The molecule has 0 aromatic heterocycles. The van der Waals surface area contributed by atoms with Gasteiger partial charge in [-0.3, -0.25) is 24.0 Å². The van der Waals surface area contributed by atoms with Gasteiger partial charge in [-0.1, -0.05) is 13.8 Å². The zero-order chi connectivity index (χ0) is 38.9. The molecule has 0 aliphatic rings. The third kappa shape index (κ3) is 14.5. The van der Waals surface area contributed by atoms with Crippen molar-refractivity contribution in [1.29, 1.82) is 0 Å². The minimum atomic E-state index is -6.20. The second-order valence-corrected chi connectivity index (χ2v) is 11.3. The van der Waals surface area contributed by atoms with Gasteiger partial charge in [0.25, 0.3) is 6.10 Å². The van der Waals surface area contributed by atoms with Gasteiger partial charge in [0.1, 0.15) is 12.2 Å². The number of alkyl halides is 11. The van der Waals surface area contributed by atoms with Crippen molar-refractivity contribution in [3.05, 3.63) is 0 Å². The highest BCUT2D eigenvalue weighted by molar-refractivity contribution is 5.83. The summed E-state index contributed by atoms with van der Waals surface area (Å²) < 4.78 is 166. The van der Waals surface area contributed by atoms with Crippen molar-refractivity contribution < 1.29 is 101 Å². The lowest BCUT2D eigenvalue weighted by atomic mass is 9.76. The van der Waals surface area contributed by atoms with Crippen LogP contribution in [0.4, 0.5) is 48.3 Å². The molecule has 0 saturated carbocycles. The molecular weight excluding hydrogens is 709 g/mol. The van der Waals surface area contributed by atoms with Gasteiger partial charge in [-0.15, -0.1) is 0 Å². The zero-order valence-corrected chi connectivity index (χ0v) is 26.7. The lowest BCUT2D eigenvalue weighted by Crippen LogP contribution is -2.48. The second-order valence-electron chi connectivity index (χ2n) is 11.3. The predicted octanol–water partition coefficient (Wildman–Crippen LogP) is 4.86. The number of rotatable bonds is 17. The molecule has 0 aromatic carbocycles. The van der Waals surface area contributed by atoms with Gasteiger partial charge < -0.3 is 28.8 Å². The van der Waals surface area contributed by atoms with Crippen LogP contribution in [0, 0.1) is 23.7 Å². The molecule has 0 fully saturated rings. The van der Waals surface area contributed by atoms with E-state index in [-0.39, 0.29) is 0 Å². The van der Waals surface area contributed by atoms with Crippen molar-refractivity contribution in [3.63, 3.8) is 0 Å². The van der Waals surface area contributed by atoms with E-state index in [1.807, 2.05) is 0 Å². The molecule has 0 aliphatic heterocycles. The van der Waals surface area contributed by atoms with Crippen LogP contribution in [-0.2, 0) is 47.7 Å². The summed E-state index contributed by atoms with van der Waals surface area (Å²) in [6.45, 7) is 1.54. The lowest BCUT2D eigenvalue weighted by Gasteiger charge is -2.37. The molecule has 0 heterocycles. The van der Waals surface area contributed by atoms with Gasteiger partial charge >= 0.3 is 54.3 Å². The van der Waals surface area contributed by atoms with E-state index in [4.69, 9.17) is 14.6 Å². The highest BCUT2D eigenvalue weighted by atomic mass is 19.4. The molecule has 0 aliphatic carbocycles. The monoisotopic (exact) mass is 744 g/mol. The number of hydrogen-bond acceptors (Lipinski definition) is 11. The fraction of sp³-hybridized carbons (Fsp3) is 0.815. The Hall–Kier alpha value is -3.46. The zero-order valence-electron chi connectivity index (χ0n) is 26.7. The number of aliphatic hydroxyl groups excluding tert-OH is 1. The molecule has 0 aromatic rings. The van der Waals surface area contributed by atoms with Crippen molar-refractivity contribution in [1.82, 2.24) is 0 Å². The summed E-state index contributed by atoms with van der Waals surface area (Å²) in [4.78, 5) is 63.2. The first-order valence-electron chi connectivity index (χ1n) is 14.0. The number of carbonyl (C=O) groups excluding carboxylic acids is 5. The number of ether oxygens (including phenoxy) is 5. The molecule has 0 radical (unpaired) electrons. The highest BCUT2D eigenvalue weighted by Crippen LogP contribution is 2.40. The van der Waals surface area contributed by atoms with Crippen molar-refractivity contribution in [2.45, 2.75) is 96.6 Å². The number of esters is 5. The van der Waals surface area contributed by atoms with E-state index in [9.17, 15) is 72.3 Å². The van der Waals surface area contributed by atoms with E-state index in [2.05, 4.69) is 14.2 Å². The molecule has 11 nitrogen and oxygen atoms in total. The van der Waals surface area contributed by atoms with Crippen LogP contribution in [0.15, 0.2) is 0 Å². The van der Waals surface area contributed by atoms with Gasteiger partial charge in [0.15, 0.2) is 6.61 Å². The van der Waals surface area contributed by atoms with E-state index >= 15 is 0 Å². The van der Waals surface area contributed by atoms with E-state index in [0.717, 1.165) is 20.8 Å². The van der Waals surface area contributed by atoms with Crippen LogP contribution >= 0.6 is 0 Å². The van der Waals surface area contributed by atoms with Crippen LogP contribution < -0.4 is 0 Å². The molecule has 0 amide bonds. The number of halogens is 11. The fourth-order valence-electron chi connectivity index (χ4n) is 4.19. The maximum atomic E-state index is 13.5. The average Bonchev–Trinajstić information content (AvgIpc) is 2.91. The van der Waals surface area contributed by atoms with Crippen LogP contribution in [0.2, 0.25) is 0 Å². The van der Waals surface area contributed by atoms with Crippen molar-refractivity contribution >= 4 is 29.8 Å². The highest BCUT2D eigenvalue weighted by Gasteiger charge is 2.61. The quantitative estimate of drug-likeness (QED) is 0.124. The molecule has 286 valence electrons. The minimum absolute atomic E-state index is 0.645. The maximum Gasteiger partial charge on any atom is 0.456 e. The third-order valence-corrected chi connectivity index (χ3v) is 6.58. The largest absolute Gasteiger partial charge is 0.463 e. The molecule has 0 rings (SSSR count). The molecule has 0 spiro atoms. The summed E-state index contributed by atoms with van der Waals surface area (Å²) in [6.07, 6.45) is -26.4. The number of carbonyl (C=O) groups is 5. The van der Waals surface area contributed by atoms with Gasteiger partial charge in [-0.2, -0.15) is 48.3 Å². The first-order chi connectivity index (χ1) is 21.9. The summed E-state index contributed by atoms with van der Waals surface area (Å²) in [5.41, 5.74) is -2.41. The van der Waals surface area contributed by atoms with Crippen LogP contribution in [-0.4, -0.2) is 97.0 Å². The second kappa shape index (κ2) is 17.5. The molecule has 1 N–H and O–H groups in total. The van der Waals surface area contributed by atoms with E-state index < -0.39 is 128 Å². The molecule has 5 atom stereocenters. The molecule has 22 heteroatoms. The van der Waals surface area contributed by atoms with Gasteiger partial charge in [-0.05, 0) is 20.8 Å². The topological polar surface area (TPSA) is 152 Å². The van der Waals surface area contributed by atoms with E-state index in [1.54, 1.807) is 0 Å². The maximum absolute atomic E-state index is 13.5. The lowest BCUT2D eigenvalue weighted by molar-refractivity contribution is -0.314. The van der Waals surface area contributed by atoms with Crippen molar-refractivity contribution in [2.24, 2.45) is 23.7 Å². The van der Waals surface area contributed by atoms with Gasteiger partial charge in [0.05, 0.1) is 36.4 Å². The molecule has 49 heavy (non-hydrogen) atoms. The Bertz CT molecular complexity index is 1140. The Morgan fingerprint density at radius 1 is 0.653 bits per heavy atom. The number of hydrogen-bond donors (Lipinski definition) is 1. The van der Waals surface area contributed by atoms with Crippen molar-refractivity contribution in [2.75, 3.05) is 19.8 Å². The molecule has 0 bridgehead atoms. The van der Waals surface area contributed by atoms with Crippen LogP contribution in [0.25, 0.3) is 0 Å². The Morgan fingerprint density at radius 3 is 1.49 bits per heavy atom. The van der Waals surface area contributed by atoms with Crippen LogP contribution in [0.5, 0.6) is 0 Å². The Labute approximate surface area is 271 Å². The van der Waals surface area contributed by atoms with Gasteiger partial charge in [-0.25, -0.2) is 0 Å². The average molecular weight is 745 g/mol. The smallest absolute Gasteiger partial charge is 0.456 e. The SMILES string of the molecule is CC(=O)OC(C)(CC(C(=O)OCC(F)(F)C(F)(F)F)C(C)C(=O)OCCO)CC(C(=O)OC(C)C)C(C)C(=O)OC(C(F)(F)F)C(F)(F)F. The summed E-state index contributed by atoms with van der Waals surface area (Å²) in [6, 6.07) is 0. The molecular formula is C27H35F11O11. The fourth-order valence-corrected chi connectivity index (χ4v) is 4.19. The summed E-state index contributed by atoms with van der Waals surface area (Å²) in [7, 11) is 0. The Morgan fingerprint density at radius 2 is 1.10 bits per heavy atom. The van der Waals surface area contributed by atoms with Crippen LogP contribution in [0.3, 0.4) is 0 Å². The summed E-state index contributed by atoms with van der Waals surface area (Å²) in [5, 5.41) is 8.91. The predicted molar refractivity (Wildman–Crippen MR) is 138 cm³/mol. The third-order valence-electron chi connectivity index (χ3n) is 6.58. The van der Waals surface area contributed by atoms with E-state index in [1.165, 1.54) is 13.8 Å². The first-order valence-corrected chi connectivity index (χ1v) is 14.0. The molecule has 5 unspecified atom stereocenters. The van der Waals surface area contributed by atoms with Crippen molar-refractivity contribution in [3.8, 4) is 0 Å². The van der Waals surface area contributed by atoms with Gasteiger partial charge in [0, 0.05) is 19.8 Å². The first kappa shape index (κ1) is 45.5. The number of aliphatic hydroxyl groups is 1. The summed E-state index contributed by atoms with van der Waals surface area (Å²) in [5.74, 6) is -22.3. The standard InChI is InChI=1S/C27H35F11O11/c1-12(2)47-21(44)17(14(4)19(42)48-22(25(30,31)32)26(33,34)35)10-23(6,49-15(5)40)9-16(13(3)18(41)45-8-7-39)20(43)46-11-24(28,29)27(36,37)38/h12-14,16-17,22,39H,7-11H2,1-6H3. The van der Waals surface area contributed by atoms with Crippen LogP contribution in [0.1, 0.15) is 54.4 Å². The minimum Gasteiger partial charge on any atom is -0.463 e. The van der Waals surface area contributed by atoms with Gasteiger partial charge in [0.2, 0.25) is 0 Å². The Kier molecular flexibility index (Phi) is 16.2. The molecule has 0 saturated heterocycles.